The van der Waals surface area contributed by atoms with E-state index in [1.807, 2.05) is 30.3 Å². The highest BCUT2D eigenvalue weighted by Gasteiger charge is 2.10. The minimum Gasteiger partial charge on any atom is -0.496 e. The van der Waals surface area contributed by atoms with Crippen molar-refractivity contribution >= 4 is 5.91 Å². The highest BCUT2D eigenvalue weighted by molar-refractivity contribution is 5.93. The number of aromatic nitrogens is 1. The van der Waals surface area contributed by atoms with Crippen molar-refractivity contribution < 1.29 is 9.53 Å². The summed E-state index contributed by atoms with van der Waals surface area (Å²) in [6, 6.07) is 11.2. The third-order valence-electron chi connectivity index (χ3n) is 2.84. The third kappa shape index (κ3) is 3.13. The maximum absolute atomic E-state index is 11.9. The molecule has 1 amide bonds. The van der Waals surface area contributed by atoms with Crippen LogP contribution in [0.25, 0.3) is 11.1 Å². The van der Waals surface area contributed by atoms with Crippen LogP contribution in [-0.4, -0.2) is 31.1 Å². The van der Waals surface area contributed by atoms with Crippen molar-refractivity contribution in [3.8, 4) is 16.9 Å². The summed E-state index contributed by atoms with van der Waals surface area (Å²) in [5, 5.41) is 2.70. The molecule has 0 radical (unpaired) electrons. The molecule has 20 heavy (non-hydrogen) atoms. The first-order valence-corrected chi connectivity index (χ1v) is 6.34. The van der Waals surface area contributed by atoms with Gasteiger partial charge in [0.2, 0.25) is 0 Å². The summed E-state index contributed by atoms with van der Waals surface area (Å²) in [4.78, 5) is 16.0. The van der Waals surface area contributed by atoms with Crippen molar-refractivity contribution in [2.24, 2.45) is 5.73 Å². The van der Waals surface area contributed by atoms with Gasteiger partial charge in [-0.2, -0.15) is 0 Å². The Bertz CT molecular complexity index is 599. The molecule has 0 aliphatic carbocycles. The fourth-order valence-corrected chi connectivity index (χ4v) is 1.88. The zero-order valence-corrected chi connectivity index (χ0v) is 11.3. The number of hydrogen-bond acceptors (Lipinski definition) is 4. The van der Waals surface area contributed by atoms with Gasteiger partial charge in [0.25, 0.3) is 5.91 Å². The number of benzene rings is 1. The van der Waals surface area contributed by atoms with E-state index in [9.17, 15) is 4.79 Å². The maximum Gasteiger partial charge on any atom is 0.269 e. The van der Waals surface area contributed by atoms with Gasteiger partial charge in [0.05, 0.1) is 7.11 Å². The number of nitrogens with one attached hydrogen (secondary N) is 1. The van der Waals surface area contributed by atoms with Crippen LogP contribution in [-0.2, 0) is 0 Å². The third-order valence-corrected chi connectivity index (χ3v) is 2.84. The molecule has 2 rings (SSSR count). The minimum atomic E-state index is -0.229. The number of nitrogens with two attached hydrogens (primary N) is 1. The van der Waals surface area contributed by atoms with Crippen LogP contribution in [0.15, 0.2) is 42.6 Å². The summed E-state index contributed by atoms with van der Waals surface area (Å²) in [5.41, 5.74) is 7.53. The second kappa shape index (κ2) is 6.68. The van der Waals surface area contributed by atoms with Crippen LogP contribution >= 0.6 is 0 Å². The Morgan fingerprint density at radius 1 is 1.35 bits per heavy atom. The summed E-state index contributed by atoms with van der Waals surface area (Å²) in [7, 11) is 1.62. The molecule has 0 atom stereocenters. The lowest BCUT2D eigenvalue weighted by Gasteiger charge is -2.09. The van der Waals surface area contributed by atoms with Crippen molar-refractivity contribution in [1.29, 1.82) is 0 Å². The molecule has 0 aliphatic rings. The van der Waals surface area contributed by atoms with Gasteiger partial charge in [-0.25, -0.2) is 0 Å². The lowest BCUT2D eigenvalue weighted by Crippen LogP contribution is -2.29. The quantitative estimate of drug-likeness (QED) is 0.862. The number of nitrogens with zero attached hydrogens (tertiary/aromatic N) is 1. The predicted molar refractivity (Wildman–Crippen MR) is 77.6 cm³/mol. The summed E-state index contributed by atoms with van der Waals surface area (Å²) in [6.07, 6.45) is 1.61. The molecule has 0 unspecified atom stereocenters. The highest BCUT2D eigenvalue weighted by Crippen LogP contribution is 2.29. The molecule has 5 heteroatoms. The Balaban J connectivity index is 2.32. The van der Waals surface area contributed by atoms with Crippen molar-refractivity contribution in [1.82, 2.24) is 10.3 Å². The van der Waals surface area contributed by atoms with Crippen molar-refractivity contribution in [3.05, 3.63) is 48.3 Å². The molecule has 5 nitrogen and oxygen atoms in total. The Morgan fingerprint density at radius 3 is 2.90 bits per heavy atom. The second-order valence-electron chi connectivity index (χ2n) is 4.17. The van der Waals surface area contributed by atoms with Gasteiger partial charge < -0.3 is 15.8 Å². The van der Waals surface area contributed by atoms with E-state index in [0.717, 1.165) is 16.9 Å². The van der Waals surface area contributed by atoms with E-state index >= 15 is 0 Å². The number of para-hydroxylation sites is 1. The van der Waals surface area contributed by atoms with E-state index in [-0.39, 0.29) is 5.91 Å². The molecule has 1 aromatic heterocycles. The normalized spacial score (nSPS) is 10.1. The van der Waals surface area contributed by atoms with Gasteiger partial charge in [-0.3, -0.25) is 9.78 Å². The number of carbonyl (C=O) groups excluding carboxylic acids is 1. The standard InChI is InChI=1S/C15H17N3O2/c1-20-14-5-3-2-4-12(14)11-6-8-17-13(10-11)15(19)18-9-7-16/h2-6,8,10H,7,9,16H2,1H3,(H,18,19). The average Bonchev–Trinajstić information content (AvgIpc) is 2.52. The largest absolute Gasteiger partial charge is 0.496 e. The number of pyridine rings is 1. The first-order chi connectivity index (χ1) is 9.76. The molecule has 0 fully saturated rings. The second-order valence-corrected chi connectivity index (χ2v) is 4.17. The maximum atomic E-state index is 11.9. The zero-order valence-electron chi connectivity index (χ0n) is 11.3. The van der Waals surface area contributed by atoms with Crippen molar-refractivity contribution in [2.45, 2.75) is 0 Å². The fourth-order valence-electron chi connectivity index (χ4n) is 1.88. The zero-order chi connectivity index (χ0) is 14.4. The Kier molecular flexibility index (Phi) is 4.68. The lowest BCUT2D eigenvalue weighted by atomic mass is 10.0. The van der Waals surface area contributed by atoms with Crippen LogP contribution in [0.3, 0.4) is 0 Å². The van der Waals surface area contributed by atoms with E-state index in [0.29, 0.717) is 18.8 Å². The molecular formula is C15H17N3O2. The molecular weight excluding hydrogens is 254 g/mol. The number of hydrogen-bond donors (Lipinski definition) is 2. The summed E-state index contributed by atoms with van der Waals surface area (Å²) < 4.78 is 5.33. The number of ether oxygens (including phenoxy) is 1. The molecule has 3 N–H and O–H groups in total. The molecule has 0 bridgehead atoms. The molecule has 1 aromatic carbocycles. The summed E-state index contributed by atoms with van der Waals surface area (Å²) in [6.45, 7) is 0.831. The van der Waals surface area contributed by atoms with Crippen LogP contribution in [0, 0.1) is 0 Å². The fraction of sp³-hybridized carbons (Fsp3) is 0.200. The van der Waals surface area contributed by atoms with E-state index in [1.54, 1.807) is 19.4 Å². The molecule has 104 valence electrons. The number of methoxy groups -OCH3 is 1. The smallest absolute Gasteiger partial charge is 0.269 e. The predicted octanol–water partition coefficient (Wildman–Crippen LogP) is 1.45. The SMILES string of the molecule is COc1ccccc1-c1ccnc(C(=O)NCCN)c1. The molecule has 0 saturated carbocycles. The van der Waals surface area contributed by atoms with Crippen LogP contribution in [0.4, 0.5) is 0 Å². The summed E-state index contributed by atoms with van der Waals surface area (Å²) >= 11 is 0. The number of rotatable bonds is 5. The lowest BCUT2D eigenvalue weighted by molar-refractivity contribution is 0.0950. The Hall–Kier alpha value is -2.40. The highest BCUT2D eigenvalue weighted by atomic mass is 16.5. The minimum absolute atomic E-state index is 0.229. The number of carbonyl (C=O) groups is 1. The van der Waals surface area contributed by atoms with Crippen LogP contribution < -0.4 is 15.8 Å². The average molecular weight is 271 g/mol. The molecule has 2 aromatic rings. The van der Waals surface area contributed by atoms with E-state index in [2.05, 4.69) is 10.3 Å². The molecule has 0 saturated heterocycles. The monoisotopic (exact) mass is 271 g/mol. The van der Waals surface area contributed by atoms with E-state index < -0.39 is 0 Å². The van der Waals surface area contributed by atoms with Gasteiger partial charge in [-0.15, -0.1) is 0 Å². The Labute approximate surface area is 117 Å². The first kappa shape index (κ1) is 14.0. The Morgan fingerprint density at radius 2 is 2.15 bits per heavy atom. The van der Waals surface area contributed by atoms with Gasteiger partial charge in [0.15, 0.2) is 0 Å². The van der Waals surface area contributed by atoms with E-state index in [1.165, 1.54) is 0 Å². The van der Waals surface area contributed by atoms with Gasteiger partial charge >= 0.3 is 0 Å². The van der Waals surface area contributed by atoms with Crippen LogP contribution in [0.1, 0.15) is 10.5 Å². The summed E-state index contributed by atoms with van der Waals surface area (Å²) in [5.74, 6) is 0.527. The molecule has 1 heterocycles. The molecule has 0 spiro atoms. The molecule has 0 aliphatic heterocycles. The van der Waals surface area contributed by atoms with Crippen LogP contribution in [0.5, 0.6) is 5.75 Å². The topological polar surface area (TPSA) is 77.2 Å². The van der Waals surface area contributed by atoms with Gasteiger partial charge in [0.1, 0.15) is 11.4 Å². The van der Waals surface area contributed by atoms with Gasteiger partial charge in [-0.1, -0.05) is 18.2 Å². The van der Waals surface area contributed by atoms with Crippen LogP contribution in [0.2, 0.25) is 0 Å². The van der Waals surface area contributed by atoms with Gasteiger partial charge in [0, 0.05) is 24.8 Å². The van der Waals surface area contributed by atoms with E-state index in [4.69, 9.17) is 10.5 Å². The van der Waals surface area contributed by atoms with Gasteiger partial charge in [-0.05, 0) is 23.8 Å². The first-order valence-electron chi connectivity index (χ1n) is 6.34. The van der Waals surface area contributed by atoms with Crippen molar-refractivity contribution in [2.75, 3.05) is 20.2 Å². The number of amides is 1. The van der Waals surface area contributed by atoms with Crippen molar-refractivity contribution in [3.63, 3.8) is 0 Å².